The summed E-state index contributed by atoms with van der Waals surface area (Å²) in [4.78, 5) is 13.9. The summed E-state index contributed by atoms with van der Waals surface area (Å²) in [5, 5.41) is 2.05. The maximum absolute atomic E-state index is 6.30. The van der Waals surface area contributed by atoms with Crippen LogP contribution in [0.1, 0.15) is 45.9 Å². The Hall–Kier alpha value is -4.44. The van der Waals surface area contributed by atoms with Crippen LogP contribution >= 0.6 is 0 Å². The Morgan fingerprint density at radius 3 is 2.11 bits per heavy atom. The maximum Gasteiger partial charge on any atom is 0.216 e. The van der Waals surface area contributed by atoms with Crippen molar-refractivity contribution >= 4 is 22.1 Å². The first-order valence-electron chi connectivity index (χ1n) is 15.4. The quantitative estimate of drug-likeness (QED) is 0.167. The topological polar surface area (TPSA) is 51.8 Å². The van der Waals surface area contributed by atoms with E-state index in [0.717, 1.165) is 51.0 Å². The summed E-state index contributed by atoms with van der Waals surface area (Å²) in [5.74, 6) is 0. The predicted octanol–water partition coefficient (Wildman–Crippen LogP) is 10.5. The molecule has 0 N–H and O–H groups in total. The smallest absolute Gasteiger partial charge is 0.216 e. The van der Waals surface area contributed by atoms with Crippen molar-refractivity contribution in [2.45, 2.75) is 54.9 Å². The first kappa shape index (κ1) is 32.9. The van der Waals surface area contributed by atoms with Crippen LogP contribution in [-0.2, 0) is 26.5 Å². The van der Waals surface area contributed by atoms with Crippen LogP contribution < -0.4 is 0 Å². The molecule has 233 valence electrons. The number of hydrogen-bond acceptors (Lipinski definition) is 4. The molecule has 0 bridgehead atoms. The van der Waals surface area contributed by atoms with Gasteiger partial charge in [0.05, 0.1) is 11.3 Å². The Balaban J connectivity index is 0.000000220. The van der Waals surface area contributed by atoms with Crippen molar-refractivity contribution in [1.29, 1.82) is 0 Å². The number of rotatable bonds is 4. The Kier molecular flexibility index (Phi) is 9.96. The van der Waals surface area contributed by atoms with Gasteiger partial charge in [0.1, 0.15) is 0 Å². The van der Waals surface area contributed by atoms with Crippen molar-refractivity contribution in [2.75, 3.05) is 0 Å². The molecule has 0 fully saturated rings. The van der Waals surface area contributed by atoms with E-state index in [9.17, 15) is 0 Å². The Labute approximate surface area is 285 Å². The molecule has 4 heterocycles. The molecule has 46 heavy (non-hydrogen) atoms. The van der Waals surface area contributed by atoms with Crippen LogP contribution in [0, 0.1) is 53.7 Å². The van der Waals surface area contributed by atoms with Gasteiger partial charge in [0.2, 0.25) is 5.71 Å². The zero-order valence-corrected chi connectivity index (χ0v) is 29.8. The monoisotopic (exact) mass is 780 g/mol. The molecule has 3 aromatic carbocycles. The zero-order chi connectivity index (χ0) is 31.7. The molecule has 7 rings (SSSR count). The van der Waals surface area contributed by atoms with Crippen molar-refractivity contribution in [3.8, 4) is 33.8 Å². The van der Waals surface area contributed by atoms with Crippen LogP contribution in [0.25, 0.3) is 55.8 Å². The third kappa shape index (κ3) is 6.58. The Bertz CT molecular complexity index is 2140. The fourth-order valence-corrected chi connectivity index (χ4v) is 5.69. The molecule has 7 aromatic rings. The van der Waals surface area contributed by atoms with Gasteiger partial charge in [0, 0.05) is 43.4 Å². The average Bonchev–Trinajstić information content (AvgIpc) is 3.41. The van der Waals surface area contributed by atoms with Crippen LogP contribution in [0.15, 0.2) is 89.6 Å². The minimum absolute atomic E-state index is 0. The van der Waals surface area contributed by atoms with Gasteiger partial charge in [-0.1, -0.05) is 66.3 Å². The van der Waals surface area contributed by atoms with Gasteiger partial charge >= 0.3 is 0 Å². The van der Waals surface area contributed by atoms with E-state index in [0.29, 0.717) is 5.71 Å². The largest absolute Gasteiger partial charge is 0.486 e. The van der Waals surface area contributed by atoms with E-state index < -0.39 is 0 Å². The van der Waals surface area contributed by atoms with Crippen molar-refractivity contribution in [1.82, 2.24) is 15.0 Å². The molecule has 0 atom stereocenters. The van der Waals surface area contributed by atoms with Crippen LogP contribution in [-0.4, -0.2) is 15.0 Å². The molecule has 4 nitrogen and oxygen atoms in total. The van der Waals surface area contributed by atoms with Gasteiger partial charge in [-0.3, -0.25) is 0 Å². The number of hydrogen-bond donors (Lipinski definition) is 0. The average molecular weight is 780 g/mol. The number of furan rings is 1. The fourth-order valence-electron chi connectivity index (χ4n) is 5.69. The van der Waals surface area contributed by atoms with Gasteiger partial charge in [0.25, 0.3) is 0 Å². The van der Waals surface area contributed by atoms with Gasteiger partial charge in [-0.25, -0.2) is 4.98 Å². The van der Waals surface area contributed by atoms with E-state index >= 15 is 0 Å². The molecule has 4 aromatic heterocycles. The van der Waals surface area contributed by atoms with E-state index in [-0.39, 0.29) is 20.1 Å². The van der Waals surface area contributed by atoms with Crippen LogP contribution in [0.3, 0.4) is 0 Å². The number of benzene rings is 3. The minimum atomic E-state index is 0. The number of fused-ring (bicyclic) bond motifs is 3. The molecule has 5 heteroatoms. The molecule has 0 unspecified atom stereocenters. The Morgan fingerprint density at radius 1 is 0.674 bits per heavy atom. The number of nitrogens with zero attached hydrogens (tertiary/aromatic N) is 3. The summed E-state index contributed by atoms with van der Waals surface area (Å²) < 4.78 is 6.30. The van der Waals surface area contributed by atoms with Crippen molar-refractivity contribution in [3.05, 3.63) is 136 Å². The molecule has 0 saturated carbocycles. The van der Waals surface area contributed by atoms with Gasteiger partial charge in [-0.2, -0.15) is 0 Å². The number of aromatic nitrogens is 3. The van der Waals surface area contributed by atoms with Crippen LogP contribution in [0.2, 0.25) is 0 Å². The normalized spacial score (nSPS) is 10.8. The summed E-state index contributed by atoms with van der Waals surface area (Å²) in [7, 11) is 0. The predicted molar refractivity (Wildman–Crippen MR) is 185 cm³/mol. The first-order valence-corrected chi connectivity index (χ1v) is 15.4. The standard InChI is InChI=1S/C27H23N2O.C14H14N.Ir/c1-5-19-14-24(28-15-18(19)4)22-11-7-10-20-21-12-13-23(29-27(21)30-26(20)22)25-16(2)8-6-9-17(25)3;1-10-4-6-13(7-5-10)14-8-11(2)12(3)9-15-14;/h6-10,12-15H,5H2,1-4H3;4-6,8-9H,1-3H3;/q2*-1;. The zero-order valence-electron chi connectivity index (χ0n) is 27.4. The van der Waals surface area contributed by atoms with Crippen molar-refractivity contribution in [3.63, 3.8) is 0 Å². The van der Waals surface area contributed by atoms with Crippen molar-refractivity contribution in [2.24, 2.45) is 0 Å². The Morgan fingerprint density at radius 2 is 1.41 bits per heavy atom. The minimum Gasteiger partial charge on any atom is -0.486 e. The summed E-state index contributed by atoms with van der Waals surface area (Å²) in [6.07, 6.45) is 4.82. The third-order valence-corrected chi connectivity index (χ3v) is 8.50. The van der Waals surface area contributed by atoms with Gasteiger partial charge < -0.3 is 14.4 Å². The van der Waals surface area contributed by atoms with E-state index in [1.165, 1.54) is 44.5 Å². The number of pyridine rings is 3. The van der Waals surface area contributed by atoms with Crippen LogP contribution in [0.4, 0.5) is 0 Å². The maximum atomic E-state index is 6.30. The molecular weight excluding hydrogens is 743 g/mol. The van der Waals surface area contributed by atoms with Crippen molar-refractivity contribution < 1.29 is 24.5 Å². The van der Waals surface area contributed by atoms with E-state index in [1.54, 1.807) is 0 Å². The van der Waals surface area contributed by atoms with Gasteiger partial charge in [-0.15, -0.1) is 53.6 Å². The van der Waals surface area contributed by atoms with Gasteiger partial charge in [0.15, 0.2) is 0 Å². The van der Waals surface area contributed by atoms with Gasteiger partial charge in [-0.05, 0) is 86.8 Å². The van der Waals surface area contributed by atoms with Crippen LogP contribution in [0.5, 0.6) is 0 Å². The second-order valence-corrected chi connectivity index (χ2v) is 11.8. The molecule has 1 radical (unpaired) electrons. The van der Waals surface area contributed by atoms with E-state index in [4.69, 9.17) is 9.40 Å². The first-order chi connectivity index (χ1) is 21.7. The second kappa shape index (κ2) is 13.9. The van der Waals surface area contributed by atoms with E-state index in [2.05, 4.69) is 125 Å². The summed E-state index contributed by atoms with van der Waals surface area (Å²) in [6, 6.07) is 31.5. The SMILES string of the molecule is CCc1cc(-c2[c-]ccc3c2oc2nc(-c4c(C)cccc4C)ccc23)ncc1C.Cc1c[c-]c(-c2cc(C)c(C)cn2)cc1.[Ir]. The van der Waals surface area contributed by atoms with E-state index in [1.807, 2.05) is 30.6 Å². The molecule has 0 spiro atoms. The third-order valence-electron chi connectivity index (χ3n) is 8.50. The molecule has 0 saturated heterocycles. The summed E-state index contributed by atoms with van der Waals surface area (Å²) in [6.45, 7) is 14.7. The second-order valence-electron chi connectivity index (χ2n) is 11.8. The molecule has 0 aliphatic carbocycles. The summed E-state index contributed by atoms with van der Waals surface area (Å²) in [5.41, 5.74) is 16.0. The fraction of sp³-hybridized carbons (Fsp3) is 0.195. The molecule has 0 aliphatic rings. The summed E-state index contributed by atoms with van der Waals surface area (Å²) >= 11 is 0. The molecular formula is C41H37IrN3O-2. The number of aryl methyl sites for hydroxylation is 7. The molecule has 0 aliphatic heterocycles. The molecule has 0 amide bonds.